The van der Waals surface area contributed by atoms with E-state index in [0.717, 1.165) is 11.2 Å². The summed E-state index contributed by atoms with van der Waals surface area (Å²) in [5.41, 5.74) is 19.3. The second-order valence-corrected chi connectivity index (χ2v) is 18.5. The highest BCUT2D eigenvalue weighted by Crippen LogP contribution is 2.52. The highest BCUT2D eigenvalue weighted by molar-refractivity contribution is 6.91. The quantitative estimate of drug-likeness (QED) is 0.160. The van der Waals surface area contributed by atoms with Gasteiger partial charge in [0.25, 0.3) is 0 Å². The van der Waals surface area contributed by atoms with E-state index in [4.69, 9.17) is 4.42 Å². The molecule has 260 valence electrons. The first-order chi connectivity index (χ1) is 25.3. The summed E-state index contributed by atoms with van der Waals surface area (Å²) in [6.45, 7) is 19.1. The highest BCUT2D eigenvalue weighted by atomic mass is 16.3. The van der Waals surface area contributed by atoms with Gasteiger partial charge in [0.1, 0.15) is 11.2 Å². The van der Waals surface area contributed by atoms with Crippen LogP contribution in [0.5, 0.6) is 0 Å². The third-order valence-corrected chi connectivity index (χ3v) is 13.3. The van der Waals surface area contributed by atoms with Crippen molar-refractivity contribution in [2.24, 2.45) is 0 Å². The van der Waals surface area contributed by atoms with Crippen LogP contribution in [0.15, 0.2) is 108 Å². The van der Waals surface area contributed by atoms with E-state index in [0.29, 0.717) is 0 Å². The van der Waals surface area contributed by atoms with Crippen LogP contribution >= 0.6 is 0 Å². The highest BCUT2D eigenvalue weighted by Gasteiger charge is 2.46. The molecule has 0 spiro atoms. The predicted octanol–water partition coefficient (Wildman–Crippen LogP) is 12.1. The molecule has 3 aliphatic rings. The lowest BCUT2D eigenvalue weighted by Gasteiger charge is -2.45. The topological polar surface area (TPSA) is 21.3 Å². The molecule has 0 fully saturated rings. The van der Waals surface area contributed by atoms with E-state index < -0.39 is 0 Å². The lowest BCUT2D eigenvalue weighted by molar-refractivity contribution is 0.332. The van der Waals surface area contributed by atoms with Crippen LogP contribution in [0, 0.1) is 6.92 Å². The SMILES string of the molecule is Cc1cc2c(cc1N1c3cc(C(C)(C)C)cc4c3B(c3c1ccc1c3oc3ccccc31)n1c3ccccc3c3cccc-4c31)C(C)(C)CCC2(C)C. The number of hydrogen-bond donors (Lipinski definition) is 0. The minimum Gasteiger partial charge on any atom is -0.456 e. The molecular weight excluding hydrogens is 643 g/mol. The molecule has 53 heavy (non-hydrogen) atoms. The van der Waals surface area contributed by atoms with Gasteiger partial charge in [0.2, 0.25) is 0 Å². The van der Waals surface area contributed by atoms with Crippen molar-refractivity contribution in [3.8, 4) is 11.1 Å². The Morgan fingerprint density at radius 3 is 2.09 bits per heavy atom. The van der Waals surface area contributed by atoms with Gasteiger partial charge in [-0.05, 0) is 106 Å². The second kappa shape index (κ2) is 10.1. The van der Waals surface area contributed by atoms with Crippen molar-refractivity contribution in [2.75, 3.05) is 4.90 Å². The van der Waals surface area contributed by atoms with E-state index in [9.17, 15) is 0 Å². The van der Waals surface area contributed by atoms with E-state index in [1.165, 1.54) is 107 Å². The summed E-state index contributed by atoms with van der Waals surface area (Å²) in [7, 11) is 0. The zero-order valence-electron chi connectivity index (χ0n) is 32.1. The van der Waals surface area contributed by atoms with Crippen LogP contribution in [-0.4, -0.2) is 11.3 Å². The fraction of sp³-hybridized carbons (Fsp3) is 0.265. The maximum Gasteiger partial charge on any atom is 0.337 e. The van der Waals surface area contributed by atoms with Crippen LogP contribution in [0.25, 0.3) is 54.9 Å². The molecule has 3 nitrogen and oxygen atoms in total. The van der Waals surface area contributed by atoms with Crippen molar-refractivity contribution < 1.29 is 4.42 Å². The van der Waals surface area contributed by atoms with E-state index in [1.54, 1.807) is 0 Å². The summed E-state index contributed by atoms with van der Waals surface area (Å²) in [5.74, 6) is 0. The molecule has 4 heterocycles. The zero-order chi connectivity index (χ0) is 36.3. The van der Waals surface area contributed by atoms with Crippen LogP contribution in [-0.2, 0) is 16.2 Å². The largest absolute Gasteiger partial charge is 0.456 e. The number of hydrogen-bond acceptors (Lipinski definition) is 2. The van der Waals surface area contributed by atoms with Gasteiger partial charge in [-0.15, -0.1) is 0 Å². The molecule has 0 atom stereocenters. The van der Waals surface area contributed by atoms with Crippen molar-refractivity contribution in [2.45, 2.75) is 84.5 Å². The first-order valence-electron chi connectivity index (χ1n) is 19.4. The molecule has 11 rings (SSSR count). The lowest BCUT2D eigenvalue weighted by Crippen LogP contribution is -2.57. The number of benzene rings is 6. The monoisotopic (exact) mass is 688 g/mol. The van der Waals surface area contributed by atoms with E-state index in [-0.39, 0.29) is 23.1 Å². The maximum absolute atomic E-state index is 7.04. The van der Waals surface area contributed by atoms with Crippen LogP contribution in [0.4, 0.5) is 17.1 Å². The molecule has 2 aliphatic heterocycles. The molecule has 0 bridgehead atoms. The number of fused-ring (bicyclic) bond motifs is 12. The molecule has 0 saturated heterocycles. The molecule has 6 aromatic carbocycles. The number of aromatic nitrogens is 1. The first-order valence-corrected chi connectivity index (χ1v) is 19.4. The molecule has 0 saturated carbocycles. The van der Waals surface area contributed by atoms with Crippen molar-refractivity contribution in [1.82, 2.24) is 4.48 Å². The minimum atomic E-state index is -0.0739. The Hall–Kier alpha value is -5.22. The molecule has 0 unspecified atom stereocenters. The van der Waals surface area contributed by atoms with Crippen LogP contribution in [0.1, 0.15) is 83.6 Å². The molecule has 0 amide bonds. The summed E-state index contributed by atoms with van der Waals surface area (Å²) in [6, 6.07) is 39.3. The van der Waals surface area contributed by atoms with Gasteiger partial charge in [0, 0.05) is 60.7 Å². The molecule has 8 aromatic rings. The van der Waals surface area contributed by atoms with Crippen LogP contribution < -0.4 is 15.8 Å². The smallest absolute Gasteiger partial charge is 0.337 e. The number of aryl methyl sites for hydroxylation is 1. The third kappa shape index (κ3) is 4.02. The zero-order valence-corrected chi connectivity index (χ0v) is 32.1. The molecule has 2 aromatic heterocycles. The Morgan fingerprint density at radius 1 is 0.623 bits per heavy atom. The second-order valence-electron chi connectivity index (χ2n) is 18.5. The number of rotatable bonds is 1. The Bertz CT molecular complexity index is 2910. The number of anilines is 3. The summed E-state index contributed by atoms with van der Waals surface area (Å²) >= 11 is 0. The van der Waals surface area contributed by atoms with Gasteiger partial charge >= 0.3 is 6.85 Å². The van der Waals surface area contributed by atoms with Crippen LogP contribution in [0.3, 0.4) is 0 Å². The number of furan rings is 1. The van der Waals surface area contributed by atoms with Crippen molar-refractivity contribution in [3.63, 3.8) is 0 Å². The molecule has 0 N–H and O–H groups in total. The summed E-state index contributed by atoms with van der Waals surface area (Å²) in [4.78, 5) is 2.62. The Labute approximate surface area is 312 Å². The summed E-state index contributed by atoms with van der Waals surface area (Å²) in [6.07, 6.45) is 2.38. The van der Waals surface area contributed by atoms with Gasteiger partial charge in [-0.1, -0.05) is 115 Å². The number of para-hydroxylation sites is 3. The average Bonchev–Trinajstić information content (AvgIpc) is 3.68. The average molecular weight is 689 g/mol. The Kier molecular flexibility index (Phi) is 5.94. The van der Waals surface area contributed by atoms with E-state index >= 15 is 0 Å². The van der Waals surface area contributed by atoms with Crippen molar-refractivity contribution in [1.29, 1.82) is 0 Å². The lowest BCUT2D eigenvalue weighted by atomic mass is 9.44. The summed E-state index contributed by atoms with van der Waals surface area (Å²) in [5, 5.41) is 4.94. The standard InChI is InChI=1S/C49H45BN2O/c1-28-24-36-37(49(7,8)23-22-48(36,5)6)27-40(28)51-39-21-20-34-31-15-10-12-19-42(31)53-46(34)44(39)50-43-35(25-29(26-41(43)51)47(2,3)4)33-17-13-16-32-30-14-9-11-18-38(30)52(50)45(32)33/h9-21,24-27H,22-23H2,1-8H3. The van der Waals surface area contributed by atoms with E-state index in [2.05, 4.69) is 168 Å². The van der Waals surface area contributed by atoms with Gasteiger partial charge < -0.3 is 13.8 Å². The first kappa shape index (κ1) is 31.3. The molecule has 0 radical (unpaired) electrons. The Morgan fingerprint density at radius 2 is 1.32 bits per heavy atom. The van der Waals surface area contributed by atoms with Gasteiger partial charge in [-0.25, -0.2) is 0 Å². The fourth-order valence-electron chi connectivity index (χ4n) is 10.3. The minimum absolute atomic E-state index is 0.0510. The fourth-order valence-corrected chi connectivity index (χ4v) is 10.3. The maximum atomic E-state index is 7.04. The molecule has 4 heteroatoms. The van der Waals surface area contributed by atoms with Crippen molar-refractivity contribution in [3.05, 3.63) is 125 Å². The van der Waals surface area contributed by atoms with Gasteiger partial charge in [0.15, 0.2) is 0 Å². The normalized spacial score (nSPS) is 16.8. The Balaban J connectivity index is 1.34. The summed E-state index contributed by atoms with van der Waals surface area (Å²) < 4.78 is 9.69. The third-order valence-electron chi connectivity index (χ3n) is 13.3. The van der Waals surface area contributed by atoms with Gasteiger partial charge in [-0.2, -0.15) is 0 Å². The molecule has 1 aliphatic carbocycles. The van der Waals surface area contributed by atoms with Gasteiger partial charge in [0.05, 0.1) is 0 Å². The van der Waals surface area contributed by atoms with Crippen LogP contribution in [0.2, 0.25) is 0 Å². The number of nitrogens with zero attached hydrogens (tertiary/aromatic N) is 2. The van der Waals surface area contributed by atoms with E-state index in [1.807, 2.05) is 0 Å². The predicted molar refractivity (Wildman–Crippen MR) is 226 cm³/mol. The van der Waals surface area contributed by atoms with Gasteiger partial charge in [-0.3, -0.25) is 0 Å². The molecular formula is C49H45BN2O. The van der Waals surface area contributed by atoms with Crippen molar-refractivity contribution >= 4 is 78.6 Å².